The monoisotopic (exact) mass is 325 g/mol. The highest BCUT2D eigenvalue weighted by atomic mass is 16.2. The molecule has 1 aliphatic carbocycles. The van der Waals surface area contributed by atoms with Gasteiger partial charge in [-0.25, -0.2) is 4.68 Å². The molecule has 24 heavy (non-hydrogen) atoms. The predicted octanol–water partition coefficient (Wildman–Crippen LogP) is 2.46. The van der Waals surface area contributed by atoms with Crippen molar-refractivity contribution in [2.24, 2.45) is 0 Å². The fourth-order valence-electron chi connectivity index (χ4n) is 3.05. The molecule has 1 atom stereocenters. The fourth-order valence-corrected chi connectivity index (χ4v) is 3.05. The van der Waals surface area contributed by atoms with Crippen LogP contribution in [0.1, 0.15) is 43.7 Å². The Hall–Kier alpha value is -2.50. The third-order valence-electron chi connectivity index (χ3n) is 4.39. The van der Waals surface area contributed by atoms with Crippen molar-refractivity contribution in [2.75, 3.05) is 6.54 Å². The molecule has 3 rings (SSSR count). The Morgan fingerprint density at radius 2 is 2.12 bits per heavy atom. The van der Waals surface area contributed by atoms with Crippen molar-refractivity contribution < 1.29 is 4.79 Å². The van der Waals surface area contributed by atoms with Crippen LogP contribution in [0.15, 0.2) is 48.3 Å². The summed E-state index contributed by atoms with van der Waals surface area (Å²) in [5, 5.41) is 14.3. The Bertz CT molecular complexity index is 666. The molecule has 0 saturated carbocycles. The van der Waals surface area contributed by atoms with Gasteiger partial charge in [0, 0.05) is 13.0 Å². The molecular weight excluding hydrogens is 302 g/mol. The van der Waals surface area contributed by atoms with E-state index >= 15 is 0 Å². The van der Waals surface area contributed by atoms with E-state index in [2.05, 4.69) is 26.9 Å². The van der Waals surface area contributed by atoms with Crippen molar-refractivity contribution in [1.82, 2.24) is 25.5 Å². The van der Waals surface area contributed by atoms with Crippen LogP contribution in [-0.4, -0.2) is 32.7 Å². The smallest absolute Gasteiger partial charge is 0.245 e. The minimum atomic E-state index is -0.428. The van der Waals surface area contributed by atoms with Crippen LogP contribution >= 0.6 is 0 Å². The molecule has 0 radical (unpaired) electrons. The number of amides is 1. The number of benzene rings is 1. The lowest BCUT2D eigenvalue weighted by molar-refractivity contribution is -0.124. The molecule has 6 nitrogen and oxygen atoms in total. The largest absolute Gasteiger partial charge is 0.354 e. The molecule has 1 aromatic heterocycles. The van der Waals surface area contributed by atoms with E-state index in [-0.39, 0.29) is 5.91 Å². The van der Waals surface area contributed by atoms with Gasteiger partial charge in [0.05, 0.1) is 0 Å². The summed E-state index contributed by atoms with van der Waals surface area (Å²) in [6.07, 6.45) is 10.2. The summed E-state index contributed by atoms with van der Waals surface area (Å²) in [7, 11) is 0. The van der Waals surface area contributed by atoms with Crippen molar-refractivity contribution in [3.63, 3.8) is 0 Å². The Kier molecular flexibility index (Phi) is 5.71. The third-order valence-corrected chi connectivity index (χ3v) is 4.39. The average Bonchev–Trinajstić information content (AvgIpc) is 3.16. The maximum atomic E-state index is 12.6. The highest BCUT2D eigenvalue weighted by Crippen LogP contribution is 2.19. The summed E-state index contributed by atoms with van der Waals surface area (Å²) in [5.74, 6) is -0.0393. The maximum Gasteiger partial charge on any atom is 0.245 e. The van der Waals surface area contributed by atoms with Crippen LogP contribution in [0.25, 0.3) is 0 Å². The number of rotatable bonds is 7. The van der Waals surface area contributed by atoms with Gasteiger partial charge in [-0.15, -0.1) is 5.10 Å². The Morgan fingerprint density at radius 1 is 1.25 bits per heavy atom. The number of nitrogens with one attached hydrogen (secondary N) is 1. The van der Waals surface area contributed by atoms with E-state index in [1.807, 2.05) is 30.3 Å². The molecule has 0 bridgehead atoms. The summed E-state index contributed by atoms with van der Waals surface area (Å²) < 4.78 is 1.53. The van der Waals surface area contributed by atoms with E-state index in [0.29, 0.717) is 13.0 Å². The molecule has 1 aliphatic rings. The highest BCUT2D eigenvalue weighted by molar-refractivity contribution is 5.80. The van der Waals surface area contributed by atoms with Crippen LogP contribution < -0.4 is 5.32 Å². The Morgan fingerprint density at radius 3 is 2.83 bits per heavy atom. The van der Waals surface area contributed by atoms with Crippen molar-refractivity contribution in [3.05, 3.63) is 53.9 Å². The van der Waals surface area contributed by atoms with Gasteiger partial charge in [0.2, 0.25) is 5.91 Å². The van der Waals surface area contributed by atoms with Gasteiger partial charge in [0.25, 0.3) is 0 Å². The quantitative estimate of drug-likeness (QED) is 0.794. The normalized spacial score (nSPS) is 15.6. The molecule has 0 spiro atoms. The number of nitrogens with zero attached hydrogens (tertiary/aromatic N) is 4. The summed E-state index contributed by atoms with van der Waals surface area (Å²) in [6, 6.07) is 9.50. The molecule has 0 fully saturated rings. The molecule has 0 aliphatic heterocycles. The zero-order chi connectivity index (χ0) is 16.6. The van der Waals surface area contributed by atoms with Gasteiger partial charge in [-0.1, -0.05) is 42.0 Å². The molecule has 0 saturated heterocycles. The van der Waals surface area contributed by atoms with Gasteiger partial charge in [-0.05, 0) is 48.1 Å². The van der Waals surface area contributed by atoms with E-state index in [1.54, 1.807) is 0 Å². The van der Waals surface area contributed by atoms with Gasteiger partial charge in [0.15, 0.2) is 0 Å². The third kappa shape index (κ3) is 4.50. The zero-order valence-corrected chi connectivity index (χ0v) is 13.8. The van der Waals surface area contributed by atoms with Crippen molar-refractivity contribution in [1.29, 1.82) is 0 Å². The zero-order valence-electron chi connectivity index (χ0n) is 13.8. The first-order valence-corrected chi connectivity index (χ1v) is 8.55. The lowest BCUT2D eigenvalue weighted by atomic mass is 9.97. The van der Waals surface area contributed by atoms with Crippen molar-refractivity contribution in [3.8, 4) is 0 Å². The van der Waals surface area contributed by atoms with E-state index in [1.165, 1.54) is 35.8 Å². The standard InChI is InChI=1S/C18H23N5O/c24-18(19-12-11-15-7-3-1-4-8-15)17(23-14-20-21-22-23)13-16-9-5-2-6-10-16/h2,5-7,9-10,14,17H,1,3-4,8,11-13H2,(H,19,24)/t17-/m0/s1. The predicted molar refractivity (Wildman–Crippen MR) is 91.2 cm³/mol. The van der Waals surface area contributed by atoms with Crippen LogP contribution in [-0.2, 0) is 11.2 Å². The van der Waals surface area contributed by atoms with E-state index in [4.69, 9.17) is 0 Å². The second kappa shape index (κ2) is 8.38. The molecule has 1 N–H and O–H groups in total. The summed E-state index contributed by atoms with van der Waals surface area (Å²) >= 11 is 0. The molecule has 1 heterocycles. The van der Waals surface area contributed by atoms with Crippen LogP contribution in [0.3, 0.4) is 0 Å². The first-order chi connectivity index (χ1) is 11.8. The molecule has 2 aromatic rings. The van der Waals surface area contributed by atoms with Crippen LogP contribution in [0.5, 0.6) is 0 Å². The minimum Gasteiger partial charge on any atom is -0.354 e. The first kappa shape index (κ1) is 16.4. The number of allylic oxidation sites excluding steroid dienone is 1. The minimum absolute atomic E-state index is 0.0393. The number of hydrogen-bond donors (Lipinski definition) is 1. The molecule has 0 unspecified atom stereocenters. The summed E-state index contributed by atoms with van der Waals surface area (Å²) in [4.78, 5) is 12.6. The van der Waals surface area contributed by atoms with Gasteiger partial charge in [0.1, 0.15) is 12.4 Å². The van der Waals surface area contributed by atoms with Crippen LogP contribution in [0, 0.1) is 0 Å². The van der Waals surface area contributed by atoms with E-state index in [9.17, 15) is 4.79 Å². The molecular formula is C18H23N5O. The lowest BCUT2D eigenvalue weighted by Gasteiger charge is -2.17. The number of carbonyl (C=O) groups excluding carboxylic acids is 1. The summed E-state index contributed by atoms with van der Waals surface area (Å²) in [6.45, 7) is 0.665. The fraction of sp³-hybridized carbons (Fsp3) is 0.444. The highest BCUT2D eigenvalue weighted by Gasteiger charge is 2.22. The van der Waals surface area contributed by atoms with Crippen molar-refractivity contribution in [2.45, 2.75) is 44.6 Å². The number of aromatic nitrogens is 4. The van der Waals surface area contributed by atoms with Gasteiger partial charge < -0.3 is 5.32 Å². The first-order valence-electron chi connectivity index (χ1n) is 8.55. The second-order valence-corrected chi connectivity index (χ2v) is 6.14. The average molecular weight is 325 g/mol. The lowest BCUT2D eigenvalue weighted by Crippen LogP contribution is -2.35. The van der Waals surface area contributed by atoms with E-state index in [0.717, 1.165) is 18.4 Å². The Labute approximate surface area is 142 Å². The van der Waals surface area contributed by atoms with Gasteiger partial charge in [-0.3, -0.25) is 4.79 Å². The van der Waals surface area contributed by atoms with Crippen LogP contribution in [0.4, 0.5) is 0 Å². The number of hydrogen-bond acceptors (Lipinski definition) is 4. The van der Waals surface area contributed by atoms with Crippen molar-refractivity contribution >= 4 is 5.91 Å². The van der Waals surface area contributed by atoms with Crippen LogP contribution in [0.2, 0.25) is 0 Å². The topological polar surface area (TPSA) is 72.7 Å². The second-order valence-electron chi connectivity index (χ2n) is 6.14. The number of carbonyl (C=O) groups is 1. The number of tetrazole rings is 1. The summed E-state index contributed by atoms with van der Waals surface area (Å²) in [5.41, 5.74) is 2.55. The van der Waals surface area contributed by atoms with E-state index < -0.39 is 6.04 Å². The molecule has 6 heteroatoms. The molecule has 1 aromatic carbocycles. The Balaban J connectivity index is 1.60. The molecule has 1 amide bonds. The van der Waals surface area contributed by atoms with Gasteiger partial charge in [-0.2, -0.15) is 0 Å². The maximum absolute atomic E-state index is 12.6. The molecule has 126 valence electrons. The van der Waals surface area contributed by atoms with Gasteiger partial charge >= 0.3 is 0 Å². The SMILES string of the molecule is O=C(NCCC1=CCCCC1)[C@H](Cc1ccccc1)n1cnnn1.